The number of methoxy groups -OCH3 is 1. The van der Waals surface area contributed by atoms with E-state index >= 15 is 0 Å². The van der Waals surface area contributed by atoms with Gasteiger partial charge in [0, 0.05) is 7.11 Å². The van der Waals surface area contributed by atoms with Gasteiger partial charge >= 0.3 is 0 Å². The Morgan fingerprint density at radius 3 is 2.36 bits per heavy atom. The summed E-state index contributed by atoms with van der Waals surface area (Å²) in [6.45, 7) is 0.821. The first-order valence-electron chi connectivity index (χ1n) is 5.45. The summed E-state index contributed by atoms with van der Waals surface area (Å²) in [6.07, 6.45) is 5.18. The van der Waals surface area contributed by atoms with E-state index in [1.165, 1.54) is 30.4 Å². The lowest BCUT2D eigenvalue weighted by Crippen LogP contribution is -1.95. The summed E-state index contributed by atoms with van der Waals surface area (Å²) in [5.41, 5.74) is 2.88. The molecule has 76 valence electrons. The minimum atomic E-state index is 0.821. The van der Waals surface area contributed by atoms with Crippen LogP contribution in [0.15, 0.2) is 24.3 Å². The minimum Gasteiger partial charge on any atom is -0.384 e. The van der Waals surface area contributed by atoms with Crippen LogP contribution in [-0.2, 0) is 17.6 Å². The zero-order chi connectivity index (χ0) is 9.80. The Balaban J connectivity index is 1.88. The second kappa shape index (κ2) is 4.61. The van der Waals surface area contributed by atoms with Crippen molar-refractivity contribution in [2.45, 2.75) is 25.7 Å². The van der Waals surface area contributed by atoms with Gasteiger partial charge in [0.15, 0.2) is 0 Å². The average molecular weight is 190 g/mol. The molecule has 1 heteroatoms. The van der Waals surface area contributed by atoms with E-state index in [-0.39, 0.29) is 0 Å². The Labute approximate surface area is 86.1 Å². The van der Waals surface area contributed by atoms with Crippen molar-refractivity contribution in [3.05, 3.63) is 35.4 Å². The second-order valence-corrected chi connectivity index (χ2v) is 4.21. The van der Waals surface area contributed by atoms with E-state index in [9.17, 15) is 0 Å². The van der Waals surface area contributed by atoms with E-state index in [1.54, 1.807) is 7.11 Å². The fourth-order valence-corrected chi connectivity index (χ4v) is 1.72. The fraction of sp³-hybridized carbons (Fsp3) is 0.538. The molecule has 0 amide bonds. The molecule has 0 radical (unpaired) electrons. The molecule has 1 aliphatic carbocycles. The third kappa shape index (κ3) is 2.85. The van der Waals surface area contributed by atoms with Crippen molar-refractivity contribution in [1.29, 1.82) is 0 Å². The van der Waals surface area contributed by atoms with Gasteiger partial charge in [-0.25, -0.2) is 0 Å². The first-order valence-corrected chi connectivity index (χ1v) is 5.45. The molecule has 0 bridgehead atoms. The highest BCUT2D eigenvalue weighted by Gasteiger charge is 2.20. The van der Waals surface area contributed by atoms with Gasteiger partial charge in [0.2, 0.25) is 0 Å². The van der Waals surface area contributed by atoms with E-state index in [0.717, 1.165) is 18.9 Å². The molecule has 0 N–H and O–H groups in total. The van der Waals surface area contributed by atoms with Crippen LogP contribution < -0.4 is 0 Å². The van der Waals surface area contributed by atoms with Crippen molar-refractivity contribution in [3.8, 4) is 0 Å². The molecule has 0 unspecified atom stereocenters. The summed E-state index contributed by atoms with van der Waals surface area (Å²) in [7, 11) is 1.75. The molecule has 1 aliphatic rings. The predicted molar refractivity (Wildman–Crippen MR) is 58.5 cm³/mol. The second-order valence-electron chi connectivity index (χ2n) is 4.21. The molecule has 0 aliphatic heterocycles. The standard InChI is InChI=1S/C13H18O/c1-14-9-8-11-2-4-12(5-3-11)10-13-6-7-13/h2-5,13H,6-10H2,1H3. The molecule has 1 saturated carbocycles. The van der Waals surface area contributed by atoms with Crippen LogP contribution in [0.4, 0.5) is 0 Å². The zero-order valence-electron chi connectivity index (χ0n) is 8.83. The maximum absolute atomic E-state index is 5.05. The smallest absolute Gasteiger partial charge is 0.0502 e. The summed E-state index contributed by atoms with van der Waals surface area (Å²) < 4.78 is 5.05. The zero-order valence-corrected chi connectivity index (χ0v) is 8.83. The maximum atomic E-state index is 5.05. The molecule has 0 heterocycles. The Bertz CT molecular complexity index is 272. The fourth-order valence-electron chi connectivity index (χ4n) is 1.72. The van der Waals surface area contributed by atoms with Gasteiger partial charge in [-0.05, 0) is 42.7 Å². The monoisotopic (exact) mass is 190 g/mol. The predicted octanol–water partition coefficient (Wildman–Crippen LogP) is 2.83. The molecular weight excluding hydrogens is 172 g/mol. The molecule has 2 rings (SSSR count). The van der Waals surface area contributed by atoms with Crippen molar-refractivity contribution < 1.29 is 4.74 Å². The molecule has 0 aromatic heterocycles. The molecule has 1 fully saturated rings. The Kier molecular flexibility index (Phi) is 3.20. The lowest BCUT2D eigenvalue weighted by Gasteiger charge is -2.02. The van der Waals surface area contributed by atoms with Gasteiger partial charge in [-0.1, -0.05) is 24.3 Å². The topological polar surface area (TPSA) is 9.23 Å². The molecule has 1 nitrogen and oxygen atoms in total. The largest absolute Gasteiger partial charge is 0.384 e. The van der Waals surface area contributed by atoms with Crippen LogP contribution in [0.25, 0.3) is 0 Å². The maximum Gasteiger partial charge on any atom is 0.0502 e. The molecular formula is C13H18O. The summed E-state index contributed by atoms with van der Waals surface area (Å²) in [5, 5.41) is 0. The van der Waals surface area contributed by atoms with Crippen LogP contribution in [0.2, 0.25) is 0 Å². The average Bonchev–Trinajstić information content (AvgIpc) is 3.01. The molecule has 1 aromatic rings. The van der Waals surface area contributed by atoms with E-state index in [2.05, 4.69) is 24.3 Å². The number of ether oxygens (including phenoxy) is 1. The van der Waals surface area contributed by atoms with Crippen LogP contribution in [0.3, 0.4) is 0 Å². The third-order valence-corrected chi connectivity index (χ3v) is 2.84. The highest BCUT2D eigenvalue weighted by molar-refractivity contribution is 5.23. The quantitative estimate of drug-likeness (QED) is 0.693. The molecule has 0 saturated heterocycles. The van der Waals surface area contributed by atoms with Crippen molar-refractivity contribution in [3.63, 3.8) is 0 Å². The van der Waals surface area contributed by atoms with Crippen LogP contribution >= 0.6 is 0 Å². The SMILES string of the molecule is COCCc1ccc(CC2CC2)cc1. The summed E-state index contributed by atoms with van der Waals surface area (Å²) in [4.78, 5) is 0. The van der Waals surface area contributed by atoms with Gasteiger partial charge in [-0.3, -0.25) is 0 Å². The van der Waals surface area contributed by atoms with E-state index in [0.29, 0.717) is 0 Å². The first kappa shape index (κ1) is 9.72. The van der Waals surface area contributed by atoms with Crippen molar-refractivity contribution in [2.24, 2.45) is 5.92 Å². The number of hydrogen-bond acceptors (Lipinski definition) is 1. The first-order chi connectivity index (χ1) is 6.88. The van der Waals surface area contributed by atoms with Crippen molar-refractivity contribution in [2.75, 3.05) is 13.7 Å². The van der Waals surface area contributed by atoms with E-state index < -0.39 is 0 Å². The number of rotatable bonds is 5. The van der Waals surface area contributed by atoms with Crippen LogP contribution in [0, 0.1) is 5.92 Å². The Hall–Kier alpha value is -0.820. The van der Waals surface area contributed by atoms with Gasteiger partial charge in [0.05, 0.1) is 6.61 Å². The molecule has 0 spiro atoms. The summed E-state index contributed by atoms with van der Waals surface area (Å²) in [5.74, 6) is 0.986. The van der Waals surface area contributed by atoms with E-state index in [4.69, 9.17) is 4.74 Å². The van der Waals surface area contributed by atoms with Gasteiger partial charge in [-0.15, -0.1) is 0 Å². The molecule has 14 heavy (non-hydrogen) atoms. The van der Waals surface area contributed by atoms with Crippen LogP contribution in [0.1, 0.15) is 24.0 Å². The highest BCUT2D eigenvalue weighted by Crippen LogP contribution is 2.32. The Morgan fingerprint density at radius 2 is 1.79 bits per heavy atom. The Morgan fingerprint density at radius 1 is 1.14 bits per heavy atom. The van der Waals surface area contributed by atoms with Crippen LogP contribution in [0.5, 0.6) is 0 Å². The normalized spacial score (nSPS) is 15.8. The molecule has 0 atom stereocenters. The van der Waals surface area contributed by atoms with Gasteiger partial charge in [-0.2, -0.15) is 0 Å². The van der Waals surface area contributed by atoms with Gasteiger partial charge in [0.1, 0.15) is 0 Å². The van der Waals surface area contributed by atoms with Crippen molar-refractivity contribution in [1.82, 2.24) is 0 Å². The van der Waals surface area contributed by atoms with Crippen LogP contribution in [-0.4, -0.2) is 13.7 Å². The van der Waals surface area contributed by atoms with Gasteiger partial charge in [0.25, 0.3) is 0 Å². The van der Waals surface area contributed by atoms with Gasteiger partial charge < -0.3 is 4.74 Å². The number of benzene rings is 1. The summed E-state index contributed by atoms with van der Waals surface area (Å²) >= 11 is 0. The minimum absolute atomic E-state index is 0.821. The van der Waals surface area contributed by atoms with E-state index in [1.807, 2.05) is 0 Å². The molecule has 1 aromatic carbocycles. The highest BCUT2D eigenvalue weighted by atomic mass is 16.5. The lowest BCUT2D eigenvalue weighted by molar-refractivity contribution is 0.202. The third-order valence-electron chi connectivity index (χ3n) is 2.84. The number of hydrogen-bond donors (Lipinski definition) is 0. The lowest BCUT2D eigenvalue weighted by atomic mass is 10.1. The van der Waals surface area contributed by atoms with Crippen molar-refractivity contribution >= 4 is 0 Å². The summed E-state index contributed by atoms with van der Waals surface area (Å²) in [6, 6.07) is 9.00.